The Morgan fingerprint density at radius 3 is 1.74 bits per heavy atom. The van der Waals surface area contributed by atoms with E-state index in [-0.39, 0.29) is 42.6 Å². The minimum Gasteiger partial charge on any atom is -0.497 e. The van der Waals surface area contributed by atoms with Gasteiger partial charge in [-0.05, 0) is 46.0 Å². The number of oxime groups is 1. The first kappa shape index (κ1) is 54.8. The number of nitrogens with one attached hydrogen (secondary N) is 3. The number of ether oxygens (including phenoxy) is 3. The highest BCUT2D eigenvalue weighted by atomic mass is 32.2. The topological polar surface area (TPSA) is 170 Å². The SMILES string of the molecule is C=CCNC(=O)OC/C=C\C1=C(C(=O)OCc2ccc(OC)cc2)N2C(=O)C(NC(=O)/C(=N\OC(c3ccccc3)(c3ccccc3)c3ccccc3)c3csc(NC(c4ccccc4)(c4ccccc4)c4ccccc4)n3)[C@@H]2SC1. The van der Waals surface area contributed by atoms with Gasteiger partial charge >= 0.3 is 12.1 Å². The lowest BCUT2D eigenvalue weighted by Crippen LogP contribution is -2.71. The maximum atomic E-state index is 15.4. The standard InChI is InChI=1S/C65H56N6O8S2/c1-3-40-66-63(75)77-41-22-23-46-43-80-60-56(59(73)71(60)57(46)61(74)78-42-45-36-38-53(76-2)39-37-45)68-58(72)55(70-79-65(50-30-16-7-17-31-50,51-32-18-8-19-33-51)52-34-20-9-21-35-52)54-44-81-62(67-54)69-64(47-24-10-4-11-25-47,48-26-12-5-13-27-48)49-28-14-6-15-29-49/h3-39,44,56,60H,1,40-43H2,2H3,(H,66,75)(H,67,69)(H,68,72)/b23-22-,70-55-/t56?,60-/m0/s1. The van der Waals surface area contributed by atoms with Crippen LogP contribution in [-0.2, 0) is 46.4 Å². The molecule has 0 spiro atoms. The molecule has 1 unspecified atom stereocenters. The normalized spacial score (nSPS) is 15.2. The van der Waals surface area contributed by atoms with Crippen LogP contribution in [0, 0.1) is 0 Å². The number of thioether (sulfide) groups is 1. The number of anilines is 1. The molecule has 3 amide bonds. The highest BCUT2D eigenvalue weighted by Crippen LogP contribution is 2.44. The fraction of sp³-hybridized carbons (Fsp3) is 0.138. The van der Waals surface area contributed by atoms with Crippen molar-refractivity contribution in [1.29, 1.82) is 0 Å². The van der Waals surface area contributed by atoms with Gasteiger partial charge in [0.25, 0.3) is 11.8 Å². The van der Waals surface area contributed by atoms with Crippen LogP contribution >= 0.6 is 23.1 Å². The van der Waals surface area contributed by atoms with Gasteiger partial charge in [-0.1, -0.05) is 211 Å². The lowest BCUT2D eigenvalue weighted by Gasteiger charge is -2.49. The first-order valence-electron chi connectivity index (χ1n) is 26.0. The Morgan fingerprint density at radius 2 is 1.23 bits per heavy atom. The summed E-state index contributed by atoms with van der Waals surface area (Å²) in [6, 6.07) is 65.2. The van der Waals surface area contributed by atoms with Crippen LogP contribution < -0.4 is 20.7 Å². The van der Waals surface area contributed by atoms with Gasteiger partial charge in [-0.15, -0.1) is 29.7 Å². The number of amides is 3. The zero-order valence-electron chi connectivity index (χ0n) is 44.1. The zero-order chi connectivity index (χ0) is 56.0. The van der Waals surface area contributed by atoms with E-state index in [4.69, 9.17) is 29.2 Å². The van der Waals surface area contributed by atoms with Gasteiger partial charge < -0.3 is 35.0 Å². The number of rotatable bonds is 22. The van der Waals surface area contributed by atoms with Crippen LogP contribution in [0.15, 0.2) is 253 Å². The minimum absolute atomic E-state index is 0.000315. The molecule has 2 aliphatic rings. The first-order valence-corrected chi connectivity index (χ1v) is 28.0. The lowest BCUT2D eigenvalue weighted by molar-refractivity contribution is -0.153. The Hall–Kier alpha value is -9.51. The molecule has 2 atom stereocenters. The van der Waals surface area contributed by atoms with E-state index in [0.29, 0.717) is 22.0 Å². The number of carbonyl (C=O) groups is 4. The molecule has 7 aromatic carbocycles. The van der Waals surface area contributed by atoms with Crippen LogP contribution in [0.4, 0.5) is 9.93 Å². The number of benzene rings is 7. The number of esters is 1. The van der Waals surface area contributed by atoms with Crippen molar-refractivity contribution in [2.75, 3.05) is 31.3 Å². The second kappa shape index (κ2) is 25.5. The predicted molar refractivity (Wildman–Crippen MR) is 315 cm³/mol. The number of aromatic nitrogens is 1. The van der Waals surface area contributed by atoms with Gasteiger partial charge in [-0.3, -0.25) is 14.5 Å². The van der Waals surface area contributed by atoms with Gasteiger partial charge in [0.1, 0.15) is 47.3 Å². The number of carbonyl (C=O) groups excluding carboxylic acids is 4. The molecule has 0 radical (unpaired) electrons. The fourth-order valence-corrected chi connectivity index (χ4v) is 11.9. The average molecular weight is 1110 g/mol. The molecular weight excluding hydrogens is 1060 g/mol. The molecule has 81 heavy (non-hydrogen) atoms. The number of thiazole rings is 1. The molecule has 406 valence electrons. The highest BCUT2D eigenvalue weighted by Gasteiger charge is 2.55. The van der Waals surface area contributed by atoms with Gasteiger partial charge in [0.2, 0.25) is 5.60 Å². The summed E-state index contributed by atoms with van der Waals surface area (Å²) >= 11 is 2.63. The zero-order valence-corrected chi connectivity index (χ0v) is 45.7. The summed E-state index contributed by atoms with van der Waals surface area (Å²) in [5.41, 5.74) is 3.80. The van der Waals surface area contributed by atoms with Crippen molar-refractivity contribution < 1.29 is 38.2 Å². The van der Waals surface area contributed by atoms with Crippen LogP contribution in [0.2, 0.25) is 0 Å². The maximum Gasteiger partial charge on any atom is 0.407 e. The molecule has 2 aliphatic heterocycles. The smallest absolute Gasteiger partial charge is 0.407 e. The molecule has 10 rings (SSSR count). The van der Waals surface area contributed by atoms with E-state index in [1.54, 1.807) is 48.9 Å². The van der Waals surface area contributed by atoms with Crippen molar-refractivity contribution >= 4 is 57.8 Å². The van der Waals surface area contributed by atoms with Gasteiger partial charge in [0.05, 0.1) is 7.11 Å². The quantitative estimate of drug-likeness (QED) is 0.0147. The van der Waals surface area contributed by atoms with Crippen LogP contribution in [0.25, 0.3) is 0 Å². The fourth-order valence-electron chi connectivity index (χ4n) is 9.81. The lowest BCUT2D eigenvalue weighted by atomic mass is 9.77. The number of nitrogens with zero attached hydrogens (tertiary/aromatic N) is 3. The molecule has 0 saturated carbocycles. The third-order valence-corrected chi connectivity index (χ3v) is 15.8. The number of methoxy groups -OCH3 is 1. The maximum absolute atomic E-state index is 15.4. The average Bonchev–Trinajstić information content (AvgIpc) is 4.13. The van der Waals surface area contributed by atoms with Crippen molar-refractivity contribution in [1.82, 2.24) is 20.5 Å². The number of alkyl carbamates (subject to hydrolysis) is 1. The van der Waals surface area contributed by atoms with Crippen molar-refractivity contribution in [2.24, 2.45) is 5.16 Å². The van der Waals surface area contributed by atoms with Crippen molar-refractivity contribution in [2.45, 2.75) is 29.2 Å². The minimum atomic E-state index is -1.39. The Kier molecular flexibility index (Phi) is 17.3. The summed E-state index contributed by atoms with van der Waals surface area (Å²) in [6.07, 6.45) is 4.09. The summed E-state index contributed by atoms with van der Waals surface area (Å²) in [4.78, 5) is 70.0. The molecule has 0 aliphatic carbocycles. The second-order valence-electron chi connectivity index (χ2n) is 18.7. The molecule has 3 N–H and O–H groups in total. The molecule has 0 bridgehead atoms. The Bertz CT molecular complexity index is 3370. The van der Waals surface area contributed by atoms with Crippen LogP contribution in [-0.4, -0.2) is 76.9 Å². The van der Waals surface area contributed by atoms with Crippen LogP contribution in [0.1, 0.15) is 44.6 Å². The number of fused-ring (bicyclic) bond motifs is 1. The van der Waals surface area contributed by atoms with E-state index in [0.717, 1.165) is 33.4 Å². The summed E-state index contributed by atoms with van der Waals surface area (Å²) in [5, 5.41) is 15.7. The largest absolute Gasteiger partial charge is 0.497 e. The molecule has 1 aromatic heterocycles. The number of allylic oxidation sites excluding steroid dienone is 1. The predicted octanol–water partition coefficient (Wildman–Crippen LogP) is 11.1. The van der Waals surface area contributed by atoms with E-state index < -0.39 is 46.4 Å². The first-order chi connectivity index (χ1) is 39.7. The molecule has 1 fully saturated rings. The monoisotopic (exact) mass is 1110 g/mol. The number of hydrogen-bond donors (Lipinski definition) is 3. The van der Waals surface area contributed by atoms with E-state index >= 15 is 4.79 Å². The van der Waals surface area contributed by atoms with E-state index in [1.807, 2.05) is 146 Å². The van der Waals surface area contributed by atoms with Gasteiger partial charge in [0, 0.05) is 34.4 Å². The van der Waals surface area contributed by atoms with Gasteiger partial charge in [-0.2, -0.15) is 0 Å². The summed E-state index contributed by atoms with van der Waals surface area (Å²) in [7, 11) is 1.56. The van der Waals surface area contributed by atoms with E-state index in [2.05, 4.69) is 58.9 Å². The summed E-state index contributed by atoms with van der Waals surface area (Å²) in [6.45, 7) is 3.60. The number of hydrogen-bond acceptors (Lipinski definition) is 13. The third kappa shape index (κ3) is 11.8. The summed E-state index contributed by atoms with van der Waals surface area (Å²) in [5.74, 6) is -1.20. The third-order valence-electron chi connectivity index (χ3n) is 13.7. The van der Waals surface area contributed by atoms with Gasteiger partial charge in [0.15, 0.2) is 10.8 Å². The van der Waals surface area contributed by atoms with Crippen molar-refractivity contribution in [3.63, 3.8) is 0 Å². The Balaban J connectivity index is 1.03. The van der Waals surface area contributed by atoms with Crippen molar-refractivity contribution in [3.8, 4) is 5.75 Å². The molecule has 1 saturated heterocycles. The van der Waals surface area contributed by atoms with E-state index in [9.17, 15) is 14.4 Å². The molecule has 8 aromatic rings. The highest BCUT2D eigenvalue weighted by molar-refractivity contribution is 8.00. The molecule has 14 nitrogen and oxygen atoms in total. The number of β-lactam (4-membered cyclic amide) rings is 1. The van der Waals surface area contributed by atoms with Gasteiger partial charge in [-0.25, -0.2) is 14.6 Å². The summed E-state index contributed by atoms with van der Waals surface area (Å²) < 4.78 is 16.4. The molecule has 3 heterocycles. The van der Waals surface area contributed by atoms with Crippen LogP contribution in [0.3, 0.4) is 0 Å². The Labute approximate surface area is 477 Å². The van der Waals surface area contributed by atoms with Crippen LogP contribution in [0.5, 0.6) is 5.75 Å². The second-order valence-corrected chi connectivity index (χ2v) is 20.6. The van der Waals surface area contributed by atoms with E-state index in [1.165, 1.54) is 34.1 Å². The Morgan fingerprint density at radius 1 is 0.716 bits per heavy atom. The van der Waals surface area contributed by atoms with Crippen molar-refractivity contribution in [3.05, 3.63) is 292 Å². The molecular formula is C65H56N6O8S2. The molecule has 16 heteroatoms.